The van der Waals surface area contributed by atoms with Crippen LogP contribution in [0.1, 0.15) is 22.8 Å². The second-order valence-electron chi connectivity index (χ2n) is 6.16. The van der Waals surface area contributed by atoms with Gasteiger partial charge in [-0.15, -0.1) is 0 Å². The van der Waals surface area contributed by atoms with Gasteiger partial charge in [0.2, 0.25) is 0 Å². The number of amidine groups is 1. The molecule has 0 atom stereocenters. The maximum atomic E-state index is 12.3. The maximum absolute atomic E-state index is 12.3. The van der Waals surface area contributed by atoms with E-state index in [2.05, 4.69) is 10.3 Å². The van der Waals surface area contributed by atoms with E-state index >= 15 is 0 Å². The number of hydrogen-bond donors (Lipinski definition) is 1. The summed E-state index contributed by atoms with van der Waals surface area (Å²) in [7, 11) is 1.47. The average molecular weight is 440 g/mol. The van der Waals surface area contributed by atoms with Crippen LogP contribution in [0, 0.1) is 0 Å². The third kappa shape index (κ3) is 5.95. The molecule has 1 fully saturated rings. The van der Waals surface area contributed by atoms with Gasteiger partial charge in [-0.2, -0.15) is 4.99 Å². The largest absolute Gasteiger partial charge is 0.493 e. The van der Waals surface area contributed by atoms with Crippen LogP contribution in [-0.4, -0.2) is 43.3 Å². The van der Waals surface area contributed by atoms with Gasteiger partial charge < -0.3 is 19.5 Å². The van der Waals surface area contributed by atoms with Gasteiger partial charge in [0.25, 0.3) is 11.8 Å². The van der Waals surface area contributed by atoms with Crippen LogP contribution in [-0.2, 0) is 14.3 Å². The number of nitrogens with one attached hydrogen (secondary N) is 1. The van der Waals surface area contributed by atoms with Crippen molar-refractivity contribution in [2.45, 2.75) is 6.92 Å². The Labute approximate surface area is 183 Å². The van der Waals surface area contributed by atoms with Crippen LogP contribution in [0.2, 0.25) is 0 Å². The number of methoxy groups -OCH3 is 1. The number of nitrogens with zero attached hydrogens (tertiary/aromatic N) is 1. The fourth-order valence-corrected chi connectivity index (χ4v) is 3.42. The Kier molecular flexibility index (Phi) is 7.45. The molecule has 1 saturated heterocycles. The highest BCUT2D eigenvalue weighted by Crippen LogP contribution is 2.31. The van der Waals surface area contributed by atoms with E-state index in [1.54, 1.807) is 61.5 Å². The molecule has 2 aromatic carbocycles. The van der Waals surface area contributed by atoms with Crippen LogP contribution in [0.25, 0.3) is 6.08 Å². The molecule has 0 saturated carbocycles. The molecule has 0 spiro atoms. The molecule has 0 aromatic heterocycles. The summed E-state index contributed by atoms with van der Waals surface area (Å²) in [6.45, 7) is 1.75. The summed E-state index contributed by atoms with van der Waals surface area (Å²) in [5.41, 5.74) is 1.11. The van der Waals surface area contributed by atoms with E-state index in [9.17, 15) is 14.4 Å². The van der Waals surface area contributed by atoms with E-state index in [0.717, 1.165) is 11.8 Å². The normalized spacial score (nSPS) is 15.6. The summed E-state index contributed by atoms with van der Waals surface area (Å²) in [4.78, 5) is 40.3. The zero-order valence-electron chi connectivity index (χ0n) is 16.9. The number of carbonyl (C=O) groups excluding carboxylic acids is 3. The Morgan fingerprint density at radius 2 is 1.90 bits per heavy atom. The number of aliphatic imine (C=N–C) groups is 1. The molecule has 0 bridgehead atoms. The van der Waals surface area contributed by atoms with E-state index in [4.69, 9.17) is 14.2 Å². The van der Waals surface area contributed by atoms with Crippen molar-refractivity contribution in [3.63, 3.8) is 0 Å². The second-order valence-corrected chi connectivity index (χ2v) is 7.19. The molecule has 31 heavy (non-hydrogen) atoms. The van der Waals surface area contributed by atoms with Gasteiger partial charge in [-0.3, -0.25) is 9.59 Å². The van der Waals surface area contributed by atoms with Crippen molar-refractivity contribution in [3.8, 4) is 11.5 Å². The lowest BCUT2D eigenvalue weighted by atomic mass is 10.2. The number of hydrogen-bond acceptors (Lipinski definition) is 7. The van der Waals surface area contributed by atoms with Gasteiger partial charge in [-0.1, -0.05) is 24.3 Å². The Morgan fingerprint density at radius 3 is 2.61 bits per heavy atom. The van der Waals surface area contributed by atoms with Crippen molar-refractivity contribution in [1.82, 2.24) is 5.32 Å². The van der Waals surface area contributed by atoms with Crippen LogP contribution in [0.5, 0.6) is 11.5 Å². The minimum atomic E-state index is -0.480. The second kappa shape index (κ2) is 10.4. The van der Waals surface area contributed by atoms with E-state index in [1.807, 2.05) is 0 Å². The van der Waals surface area contributed by atoms with Crippen molar-refractivity contribution >= 4 is 40.8 Å². The van der Waals surface area contributed by atoms with Gasteiger partial charge in [-0.25, -0.2) is 4.79 Å². The number of ether oxygens (including phenoxy) is 3. The zero-order chi connectivity index (χ0) is 22.2. The molecule has 160 valence electrons. The predicted molar refractivity (Wildman–Crippen MR) is 117 cm³/mol. The van der Waals surface area contributed by atoms with E-state index in [-0.39, 0.29) is 24.3 Å². The fourth-order valence-electron chi connectivity index (χ4n) is 2.60. The first kappa shape index (κ1) is 22.1. The molecule has 2 amide bonds. The first-order valence-corrected chi connectivity index (χ1v) is 10.2. The Balaban J connectivity index is 1.72. The number of benzene rings is 2. The van der Waals surface area contributed by atoms with Crippen LogP contribution < -0.4 is 14.8 Å². The fraction of sp³-hybridized carbons (Fsp3) is 0.182. The summed E-state index contributed by atoms with van der Waals surface area (Å²) < 4.78 is 15.6. The lowest BCUT2D eigenvalue weighted by Gasteiger charge is -2.11. The van der Waals surface area contributed by atoms with Crippen LogP contribution in [0.3, 0.4) is 0 Å². The van der Waals surface area contributed by atoms with Crippen LogP contribution >= 0.6 is 11.8 Å². The zero-order valence-corrected chi connectivity index (χ0v) is 17.7. The Bertz CT molecular complexity index is 1050. The van der Waals surface area contributed by atoms with Crippen molar-refractivity contribution in [2.24, 2.45) is 4.99 Å². The minimum Gasteiger partial charge on any atom is -0.493 e. The van der Waals surface area contributed by atoms with Gasteiger partial charge in [-0.05, 0) is 54.6 Å². The SMILES string of the molecule is CCOC(=O)COc1ccc(/C=C2\SC(=NC(=O)c3ccccc3)NC2=O)cc1OC. The van der Waals surface area contributed by atoms with Gasteiger partial charge in [0.15, 0.2) is 23.3 Å². The summed E-state index contributed by atoms with van der Waals surface area (Å²) >= 11 is 1.07. The van der Waals surface area contributed by atoms with Crippen LogP contribution in [0.4, 0.5) is 0 Å². The van der Waals surface area contributed by atoms with Gasteiger partial charge in [0, 0.05) is 5.56 Å². The molecule has 1 N–H and O–H groups in total. The van der Waals surface area contributed by atoms with Gasteiger partial charge in [0.1, 0.15) is 0 Å². The average Bonchev–Trinajstić information content (AvgIpc) is 3.11. The quantitative estimate of drug-likeness (QED) is 0.521. The highest BCUT2D eigenvalue weighted by atomic mass is 32.2. The lowest BCUT2D eigenvalue weighted by molar-refractivity contribution is -0.145. The molecule has 1 aliphatic rings. The molecule has 1 heterocycles. The minimum absolute atomic E-state index is 0.214. The monoisotopic (exact) mass is 440 g/mol. The first-order valence-electron chi connectivity index (χ1n) is 9.35. The molecule has 0 aliphatic carbocycles. The highest BCUT2D eigenvalue weighted by Gasteiger charge is 2.25. The predicted octanol–water partition coefficient (Wildman–Crippen LogP) is 3.04. The lowest BCUT2D eigenvalue weighted by Crippen LogP contribution is -2.20. The van der Waals surface area contributed by atoms with Crippen LogP contribution in [0.15, 0.2) is 58.4 Å². The Hall–Kier alpha value is -3.59. The molecule has 3 rings (SSSR count). The third-order valence-electron chi connectivity index (χ3n) is 4.01. The molecule has 8 nitrogen and oxygen atoms in total. The third-order valence-corrected chi connectivity index (χ3v) is 4.92. The Morgan fingerprint density at radius 1 is 1.13 bits per heavy atom. The number of esters is 1. The topological polar surface area (TPSA) is 103 Å². The van der Waals surface area contributed by atoms with Crippen molar-refractivity contribution in [1.29, 1.82) is 0 Å². The highest BCUT2D eigenvalue weighted by molar-refractivity contribution is 8.18. The van der Waals surface area contributed by atoms with E-state index in [0.29, 0.717) is 27.5 Å². The van der Waals surface area contributed by atoms with E-state index < -0.39 is 11.9 Å². The molecule has 2 aromatic rings. The first-order chi connectivity index (χ1) is 15.0. The van der Waals surface area contributed by atoms with Crippen molar-refractivity contribution in [2.75, 3.05) is 20.3 Å². The summed E-state index contributed by atoms with van der Waals surface area (Å²) in [5, 5.41) is 2.80. The van der Waals surface area contributed by atoms with Crippen molar-refractivity contribution in [3.05, 3.63) is 64.6 Å². The maximum Gasteiger partial charge on any atom is 0.344 e. The smallest absolute Gasteiger partial charge is 0.344 e. The molecule has 0 unspecified atom stereocenters. The number of carbonyl (C=O) groups is 3. The summed E-state index contributed by atoms with van der Waals surface area (Å²) in [6.07, 6.45) is 1.65. The number of rotatable bonds is 7. The number of amides is 2. The molecular weight excluding hydrogens is 420 g/mol. The van der Waals surface area contributed by atoms with Crippen molar-refractivity contribution < 1.29 is 28.6 Å². The molecule has 9 heteroatoms. The molecule has 1 aliphatic heterocycles. The van der Waals surface area contributed by atoms with Gasteiger partial charge >= 0.3 is 5.97 Å². The summed E-state index contributed by atoms with van der Waals surface area (Å²) in [5.74, 6) is -0.501. The standard InChI is InChI=1S/C22H20N2O6S/c1-3-29-19(25)13-30-16-10-9-14(11-17(16)28-2)12-18-21(27)24-22(31-18)23-20(26)15-7-5-4-6-8-15/h4-12H,3,13H2,1-2H3,(H,23,24,26,27)/b18-12-. The number of thioether (sulfide) groups is 1. The molecular formula is C22H20N2O6S. The summed E-state index contributed by atoms with van der Waals surface area (Å²) in [6, 6.07) is 13.6. The van der Waals surface area contributed by atoms with E-state index in [1.165, 1.54) is 7.11 Å². The molecule has 0 radical (unpaired) electrons. The van der Waals surface area contributed by atoms with Gasteiger partial charge in [0.05, 0.1) is 18.6 Å².